The van der Waals surface area contributed by atoms with Gasteiger partial charge in [0.05, 0.1) is 6.10 Å². The number of hydrogen-bond donors (Lipinski definition) is 1. The highest BCUT2D eigenvalue weighted by Crippen LogP contribution is 2.16. The second-order valence-electron chi connectivity index (χ2n) is 5.73. The van der Waals surface area contributed by atoms with Crippen LogP contribution in [0, 0.1) is 11.8 Å². The Bertz CT molecular complexity index is 197. The van der Waals surface area contributed by atoms with Crippen LogP contribution < -0.4 is 5.32 Å². The molecule has 1 N–H and O–H groups in total. The summed E-state index contributed by atoms with van der Waals surface area (Å²) in [6.07, 6.45) is 1.71. The number of nitrogens with one attached hydrogen (secondary N) is 1. The molecule has 1 aliphatic heterocycles. The fourth-order valence-corrected chi connectivity index (χ4v) is 2.52. The molecule has 2 unspecified atom stereocenters. The number of likely N-dealkylation sites (tertiary alicyclic amines) is 1. The zero-order chi connectivity index (χ0) is 12.7. The first kappa shape index (κ1) is 14.9. The van der Waals surface area contributed by atoms with Crippen LogP contribution in [-0.2, 0) is 4.74 Å². The molecule has 1 heterocycles. The van der Waals surface area contributed by atoms with Crippen molar-refractivity contribution in [3.63, 3.8) is 0 Å². The molecule has 0 bridgehead atoms. The van der Waals surface area contributed by atoms with E-state index in [0.29, 0.717) is 6.10 Å². The molecule has 1 fully saturated rings. The van der Waals surface area contributed by atoms with E-state index in [4.69, 9.17) is 4.74 Å². The lowest BCUT2D eigenvalue weighted by Gasteiger charge is -2.21. The molecule has 2 atom stereocenters. The SMILES string of the molecule is CCOC(C)CN1CCC(CNCC(C)C)C1. The predicted octanol–water partition coefficient (Wildman–Crippen LogP) is 1.98. The first-order chi connectivity index (χ1) is 8.11. The molecular weight excluding hydrogens is 212 g/mol. The van der Waals surface area contributed by atoms with Crippen molar-refractivity contribution in [1.82, 2.24) is 10.2 Å². The zero-order valence-corrected chi connectivity index (χ0v) is 12.0. The summed E-state index contributed by atoms with van der Waals surface area (Å²) in [6, 6.07) is 0. The van der Waals surface area contributed by atoms with Gasteiger partial charge in [-0.3, -0.25) is 0 Å². The van der Waals surface area contributed by atoms with Gasteiger partial charge in [-0.1, -0.05) is 13.8 Å². The van der Waals surface area contributed by atoms with Crippen molar-refractivity contribution in [2.24, 2.45) is 11.8 Å². The van der Waals surface area contributed by atoms with Crippen LogP contribution in [0.5, 0.6) is 0 Å². The molecule has 3 heteroatoms. The maximum Gasteiger partial charge on any atom is 0.0673 e. The normalized spacial score (nSPS) is 23.5. The smallest absolute Gasteiger partial charge is 0.0673 e. The van der Waals surface area contributed by atoms with Gasteiger partial charge in [0.15, 0.2) is 0 Å². The fraction of sp³-hybridized carbons (Fsp3) is 1.00. The van der Waals surface area contributed by atoms with Crippen LogP contribution in [0.1, 0.15) is 34.1 Å². The maximum absolute atomic E-state index is 5.59. The number of hydrogen-bond acceptors (Lipinski definition) is 3. The van der Waals surface area contributed by atoms with Gasteiger partial charge in [0.2, 0.25) is 0 Å². The van der Waals surface area contributed by atoms with Gasteiger partial charge in [-0.25, -0.2) is 0 Å². The minimum Gasteiger partial charge on any atom is -0.377 e. The Morgan fingerprint density at radius 3 is 2.76 bits per heavy atom. The van der Waals surface area contributed by atoms with E-state index in [1.165, 1.54) is 26.1 Å². The van der Waals surface area contributed by atoms with Gasteiger partial charge in [-0.15, -0.1) is 0 Å². The fourth-order valence-electron chi connectivity index (χ4n) is 2.52. The number of rotatable bonds is 8. The molecular formula is C14H30N2O. The van der Waals surface area contributed by atoms with Crippen LogP contribution in [0.25, 0.3) is 0 Å². The Morgan fingerprint density at radius 1 is 1.35 bits per heavy atom. The highest BCUT2D eigenvalue weighted by molar-refractivity contribution is 4.78. The van der Waals surface area contributed by atoms with E-state index in [2.05, 4.69) is 37.9 Å². The molecule has 0 aromatic carbocycles. The van der Waals surface area contributed by atoms with Gasteiger partial charge >= 0.3 is 0 Å². The van der Waals surface area contributed by atoms with Crippen molar-refractivity contribution < 1.29 is 4.74 Å². The van der Waals surface area contributed by atoms with Gasteiger partial charge in [0.25, 0.3) is 0 Å². The summed E-state index contributed by atoms with van der Waals surface area (Å²) in [5.41, 5.74) is 0. The average Bonchev–Trinajstić information content (AvgIpc) is 2.65. The van der Waals surface area contributed by atoms with Gasteiger partial charge in [0, 0.05) is 19.7 Å². The Kier molecular flexibility index (Phi) is 7.09. The van der Waals surface area contributed by atoms with Crippen molar-refractivity contribution in [2.75, 3.05) is 39.3 Å². The largest absolute Gasteiger partial charge is 0.377 e. The molecule has 0 aliphatic carbocycles. The Morgan fingerprint density at radius 2 is 2.12 bits per heavy atom. The highest BCUT2D eigenvalue weighted by atomic mass is 16.5. The van der Waals surface area contributed by atoms with Gasteiger partial charge in [-0.2, -0.15) is 0 Å². The molecule has 0 spiro atoms. The second kappa shape index (κ2) is 8.06. The van der Waals surface area contributed by atoms with Gasteiger partial charge in [0.1, 0.15) is 0 Å². The van der Waals surface area contributed by atoms with Crippen molar-refractivity contribution >= 4 is 0 Å². The van der Waals surface area contributed by atoms with E-state index in [1.807, 2.05) is 0 Å². The lowest BCUT2D eigenvalue weighted by Crippen LogP contribution is -2.32. The van der Waals surface area contributed by atoms with E-state index < -0.39 is 0 Å². The zero-order valence-electron chi connectivity index (χ0n) is 12.0. The first-order valence-corrected chi connectivity index (χ1v) is 7.16. The summed E-state index contributed by atoms with van der Waals surface area (Å²) in [5, 5.41) is 3.57. The van der Waals surface area contributed by atoms with Crippen LogP contribution in [0.4, 0.5) is 0 Å². The number of ether oxygens (including phenoxy) is 1. The van der Waals surface area contributed by atoms with Crippen LogP contribution in [0.15, 0.2) is 0 Å². The van der Waals surface area contributed by atoms with E-state index >= 15 is 0 Å². The van der Waals surface area contributed by atoms with Crippen LogP contribution in [0.2, 0.25) is 0 Å². The summed E-state index contributed by atoms with van der Waals surface area (Å²) in [6.45, 7) is 15.5. The number of nitrogens with zero attached hydrogens (tertiary/aromatic N) is 1. The Hall–Kier alpha value is -0.120. The topological polar surface area (TPSA) is 24.5 Å². The second-order valence-corrected chi connectivity index (χ2v) is 5.73. The molecule has 3 nitrogen and oxygen atoms in total. The van der Waals surface area contributed by atoms with Crippen molar-refractivity contribution in [1.29, 1.82) is 0 Å². The lowest BCUT2D eigenvalue weighted by molar-refractivity contribution is 0.0506. The van der Waals surface area contributed by atoms with Crippen LogP contribution in [-0.4, -0.2) is 50.3 Å². The summed E-state index contributed by atoms with van der Waals surface area (Å²) in [5.74, 6) is 1.59. The third-order valence-electron chi connectivity index (χ3n) is 3.32. The van der Waals surface area contributed by atoms with Gasteiger partial charge < -0.3 is 15.0 Å². The molecule has 1 saturated heterocycles. The average molecular weight is 242 g/mol. The summed E-state index contributed by atoms with van der Waals surface area (Å²) < 4.78 is 5.59. The van der Waals surface area contributed by atoms with E-state index in [1.54, 1.807) is 0 Å². The Labute approximate surface area is 107 Å². The molecule has 1 aliphatic rings. The van der Waals surface area contributed by atoms with E-state index in [0.717, 1.165) is 31.5 Å². The molecule has 102 valence electrons. The minimum atomic E-state index is 0.377. The molecule has 17 heavy (non-hydrogen) atoms. The van der Waals surface area contributed by atoms with Crippen LogP contribution in [0.3, 0.4) is 0 Å². The third-order valence-corrected chi connectivity index (χ3v) is 3.32. The lowest BCUT2D eigenvalue weighted by atomic mass is 10.1. The molecule has 0 aromatic rings. The van der Waals surface area contributed by atoms with Crippen LogP contribution >= 0.6 is 0 Å². The first-order valence-electron chi connectivity index (χ1n) is 7.16. The molecule has 0 saturated carbocycles. The minimum absolute atomic E-state index is 0.377. The summed E-state index contributed by atoms with van der Waals surface area (Å²) in [7, 11) is 0. The molecule has 1 rings (SSSR count). The van der Waals surface area contributed by atoms with Crippen molar-refractivity contribution in [2.45, 2.75) is 40.2 Å². The molecule has 0 radical (unpaired) electrons. The quantitative estimate of drug-likeness (QED) is 0.704. The highest BCUT2D eigenvalue weighted by Gasteiger charge is 2.23. The van der Waals surface area contributed by atoms with Gasteiger partial charge in [-0.05, 0) is 51.7 Å². The monoisotopic (exact) mass is 242 g/mol. The molecule has 0 aromatic heterocycles. The Balaban J connectivity index is 2.10. The predicted molar refractivity (Wildman–Crippen MR) is 73.3 cm³/mol. The maximum atomic E-state index is 5.59. The van der Waals surface area contributed by atoms with Crippen molar-refractivity contribution in [3.8, 4) is 0 Å². The summed E-state index contributed by atoms with van der Waals surface area (Å²) >= 11 is 0. The standard InChI is InChI=1S/C14H30N2O/c1-5-17-13(4)10-16-7-6-14(11-16)9-15-8-12(2)3/h12-15H,5-11H2,1-4H3. The van der Waals surface area contributed by atoms with Crippen molar-refractivity contribution in [3.05, 3.63) is 0 Å². The molecule has 0 amide bonds. The third kappa shape index (κ3) is 6.39. The van der Waals surface area contributed by atoms with E-state index in [-0.39, 0.29) is 0 Å². The van der Waals surface area contributed by atoms with E-state index in [9.17, 15) is 0 Å². The summed E-state index contributed by atoms with van der Waals surface area (Å²) in [4.78, 5) is 2.54.